The highest BCUT2D eigenvalue weighted by Crippen LogP contribution is 2.67. The van der Waals surface area contributed by atoms with Crippen LogP contribution in [-0.2, 0) is 43.2 Å². The first-order valence-electron chi connectivity index (χ1n) is 23.1. The summed E-state index contributed by atoms with van der Waals surface area (Å²) in [4.78, 5) is 103. The molecule has 3 fully saturated rings. The largest absolute Gasteiger partial charge is 0.404 e. The van der Waals surface area contributed by atoms with E-state index >= 15 is 8.78 Å². The van der Waals surface area contributed by atoms with Crippen molar-refractivity contribution in [2.75, 3.05) is 50.9 Å². The van der Waals surface area contributed by atoms with Crippen LogP contribution in [-0.4, -0.2) is 129 Å². The van der Waals surface area contributed by atoms with Gasteiger partial charge in [0.2, 0.25) is 29.3 Å². The van der Waals surface area contributed by atoms with E-state index < -0.39 is 73.9 Å². The number of hydrogen-bond acceptors (Lipinski definition) is 12. The Bertz CT molecular complexity index is 2540. The van der Waals surface area contributed by atoms with E-state index in [1.165, 1.54) is 53.3 Å². The topological polar surface area (TPSA) is 197 Å². The molecular formula is C48H59F2N6O10PS2. The van der Waals surface area contributed by atoms with Gasteiger partial charge >= 0.3 is 13.3 Å². The van der Waals surface area contributed by atoms with Crippen LogP contribution in [0.1, 0.15) is 94.1 Å². The molecule has 4 amide bonds. The predicted molar refractivity (Wildman–Crippen MR) is 260 cm³/mol. The van der Waals surface area contributed by atoms with Crippen molar-refractivity contribution in [3.05, 3.63) is 93.2 Å². The number of carbonyl (C=O) groups is 6. The lowest BCUT2D eigenvalue weighted by Gasteiger charge is -2.39. The van der Waals surface area contributed by atoms with Crippen LogP contribution in [0.3, 0.4) is 0 Å². The summed E-state index contributed by atoms with van der Waals surface area (Å²) in [6.45, 7) is 16.0. The van der Waals surface area contributed by atoms with E-state index in [4.69, 9.17) is 15.6 Å². The molecule has 0 bridgehead atoms. The first kappa shape index (κ1) is 53.4. The molecule has 0 radical (unpaired) electrons. The fraction of sp³-hybridized carbons (Fsp3) is 0.542. The van der Waals surface area contributed by atoms with Gasteiger partial charge in [0, 0.05) is 80.3 Å². The van der Waals surface area contributed by atoms with Gasteiger partial charge in [-0.25, -0.2) is 6.57 Å². The van der Waals surface area contributed by atoms with Crippen LogP contribution in [0.4, 0.5) is 8.78 Å². The van der Waals surface area contributed by atoms with Gasteiger partial charge in [-0.1, -0.05) is 69.4 Å². The molecule has 16 nitrogen and oxygen atoms in total. The molecule has 4 heterocycles. The Balaban J connectivity index is 1.21. The van der Waals surface area contributed by atoms with Gasteiger partial charge in [0.1, 0.15) is 12.1 Å². The molecule has 2 aromatic carbocycles. The third-order valence-electron chi connectivity index (χ3n) is 12.4. The summed E-state index contributed by atoms with van der Waals surface area (Å²) >= 11 is 1.75. The number of H-pyrrole nitrogens is 1. The fourth-order valence-electron chi connectivity index (χ4n) is 8.92. The maximum atomic E-state index is 16.6. The van der Waals surface area contributed by atoms with Crippen molar-refractivity contribution in [3.8, 4) is 0 Å². The molecule has 5 atom stereocenters. The van der Waals surface area contributed by atoms with Crippen molar-refractivity contribution in [3.63, 3.8) is 0 Å². The Hall–Kier alpha value is -4.93. The van der Waals surface area contributed by atoms with E-state index in [-0.39, 0.29) is 101 Å². The van der Waals surface area contributed by atoms with Crippen molar-refractivity contribution < 1.29 is 51.2 Å². The molecule has 2 N–H and O–H groups in total. The molecule has 0 aliphatic carbocycles. The number of rotatable bonds is 18. The minimum absolute atomic E-state index is 0.0206. The van der Waals surface area contributed by atoms with Gasteiger partial charge in [0.05, 0.1) is 25.7 Å². The number of amides is 4. The highest BCUT2D eigenvalue weighted by Gasteiger charge is 2.55. The Morgan fingerprint density at radius 3 is 2.13 bits per heavy atom. The molecule has 3 aromatic rings. The first-order chi connectivity index (χ1) is 32.7. The average molecular weight is 1010 g/mol. The number of pyridine rings is 1. The van der Waals surface area contributed by atoms with Crippen LogP contribution < -0.4 is 10.9 Å². The first-order valence-corrected chi connectivity index (χ1v) is 26.6. The number of hydrogen-bond donors (Lipinski definition) is 2. The van der Waals surface area contributed by atoms with E-state index in [0.29, 0.717) is 30.2 Å². The second-order valence-electron chi connectivity index (χ2n) is 18.4. The number of nitrogens with one attached hydrogen (secondary N) is 2. The number of benzene rings is 2. The SMILES string of the molecule is [C-]#[N+][C@@H]1CN(C(=O)[C@@H]2CC[C@@H]3CCN(C(C)=O)C[C@H](NC(=O)c4ccc5ccc(C(F)(F)P(=O)(OCCSC(=O)CC(C)C)OCCSC(=O)CC(C)C)cc5c4)C(=O)N32)C[C@H]1c1cc[nH]c(=O)c1. The van der Waals surface area contributed by atoms with Crippen molar-refractivity contribution >= 4 is 75.8 Å². The summed E-state index contributed by atoms with van der Waals surface area (Å²) in [7, 11) is -5.32. The lowest BCUT2D eigenvalue weighted by atomic mass is 9.96. The molecule has 6 rings (SSSR count). The molecule has 3 aliphatic rings. The second kappa shape index (κ2) is 23.3. The summed E-state index contributed by atoms with van der Waals surface area (Å²) in [6.07, 6.45) is 3.18. The van der Waals surface area contributed by atoms with Gasteiger partial charge in [-0.15, -0.1) is 0 Å². The van der Waals surface area contributed by atoms with Gasteiger partial charge in [-0.05, 0) is 71.7 Å². The van der Waals surface area contributed by atoms with Crippen LogP contribution in [0.2, 0.25) is 0 Å². The molecular weight excluding hydrogens is 954 g/mol. The van der Waals surface area contributed by atoms with E-state index in [0.717, 1.165) is 35.7 Å². The number of halogens is 2. The zero-order valence-corrected chi connectivity index (χ0v) is 41.8. The van der Waals surface area contributed by atoms with Gasteiger partial charge < -0.3 is 38.9 Å². The van der Waals surface area contributed by atoms with E-state index in [9.17, 15) is 38.1 Å². The van der Waals surface area contributed by atoms with E-state index in [2.05, 4.69) is 15.1 Å². The molecule has 3 saturated heterocycles. The molecule has 372 valence electrons. The zero-order chi connectivity index (χ0) is 50.2. The van der Waals surface area contributed by atoms with Crippen LogP contribution in [0.5, 0.6) is 0 Å². The van der Waals surface area contributed by atoms with Crippen molar-refractivity contribution in [2.45, 2.75) is 102 Å². The number of alkyl halides is 2. The van der Waals surface area contributed by atoms with E-state index in [1.807, 2.05) is 27.7 Å². The molecule has 0 unspecified atom stereocenters. The number of carbonyl (C=O) groups excluding carboxylic acids is 6. The Labute approximate surface area is 408 Å². The Morgan fingerprint density at radius 1 is 0.870 bits per heavy atom. The summed E-state index contributed by atoms with van der Waals surface area (Å²) in [5.74, 6) is -2.39. The number of fused-ring (bicyclic) bond motifs is 2. The zero-order valence-electron chi connectivity index (χ0n) is 39.3. The van der Waals surface area contributed by atoms with Crippen molar-refractivity contribution in [2.24, 2.45) is 11.8 Å². The monoisotopic (exact) mass is 1010 g/mol. The van der Waals surface area contributed by atoms with E-state index in [1.54, 1.807) is 11.0 Å². The minimum atomic E-state index is -5.32. The molecule has 0 spiro atoms. The van der Waals surface area contributed by atoms with Gasteiger partial charge in [0.25, 0.3) is 5.91 Å². The standard InChI is InChI=1S/C48H59F2N6O10PS2/c1-29(2)21-43(59)68-19-17-65-67(64,66-18-20-69-44(60)22-30(3)4)48(49,50)36-10-9-32-7-8-34(23-35(32)24-36)45(61)53-40-28-54(31(5)57)16-14-37-11-12-41(56(37)46(40)62)47(63)55-26-38(39(27-55)51-6)33-13-15-52-42(58)25-33/h7-10,13,15,23-25,29-30,37-41H,11-12,14,16-22,26-28H2,1-5H3,(H,52,58)(H,53,61)/t37-,38+,39-,40+,41+/m1/s1. The molecule has 21 heteroatoms. The predicted octanol–water partition coefficient (Wildman–Crippen LogP) is 7.04. The summed E-state index contributed by atoms with van der Waals surface area (Å²) < 4.78 is 58.1. The highest BCUT2D eigenvalue weighted by molar-refractivity contribution is 8.13. The third-order valence-corrected chi connectivity index (χ3v) is 16.1. The number of aromatic amines is 1. The van der Waals surface area contributed by atoms with Crippen LogP contribution in [0, 0.1) is 18.4 Å². The number of aromatic nitrogens is 1. The van der Waals surface area contributed by atoms with Crippen LogP contribution >= 0.6 is 31.1 Å². The smallest absolute Gasteiger partial charge is 0.340 e. The maximum absolute atomic E-state index is 16.6. The molecule has 0 saturated carbocycles. The van der Waals surface area contributed by atoms with Gasteiger partial charge in [-0.3, -0.25) is 38.1 Å². The number of thioether (sulfide) groups is 2. The molecule has 69 heavy (non-hydrogen) atoms. The van der Waals surface area contributed by atoms with Crippen LogP contribution in [0.25, 0.3) is 15.6 Å². The third kappa shape index (κ3) is 13.1. The van der Waals surface area contributed by atoms with Gasteiger partial charge in [-0.2, -0.15) is 8.78 Å². The number of likely N-dealkylation sites (tertiary alicyclic amines) is 1. The van der Waals surface area contributed by atoms with Crippen LogP contribution in [0.15, 0.2) is 59.5 Å². The molecule has 3 aliphatic heterocycles. The minimum Gasteiger partial charge on any atom is -0.340 e. The fourth-order valence-corrected chi connectivity index (χ4v) is 12.4. The summed E-state index contributed by atoms with van der Waals surface area (Å²) in [6, 6.07) is 7.68. The quantitative estimate of drug-likeness (QED) is 0.0751. The van der Waals surface area contributed by atoms with Crippen molar-refractivity contribution in [1.82, 2.24) is 25.0 Å². The maximum Gasteiger partial charge on any atom is 0.404 e. The van der Waals surface area contributed by atoms with Crippen molar-refractivity contribution in [1.29, 1.82) is 0 Å². The van der Waals surface area contributed by atoms with Gasteiger partial charge in [0.15, 0.2) is 10.2 Å². The normalized spacial score (nSPS) is 21.0. The Kier molecular flexibility index (Phi) is 18.1. The second-order valence-corrected chi connectivity index (χ2v) is 22.8. The summed E-state index contributed by atoms with van der Waals surface area (Å²) in [5.41, 5.74) is -4.69. The lowest BCUT2D eigenvalue weighted by molar-refractivity contribution is -0.148. The number of nitrogens with zero attached hydrogens (tertiary/aromatic N) is 4. The summed E-state index contributed by atoms with van der Waals surface area (Å²) in [5, 5.41) is 3.00. The average Bonchev–Trinajstić information content (AvgIpc) is 3.93. The highest BCUT2D eigenvalue weighted by atomic mass is 32.2. The molecule has 1 aromatic heterocycles. The lowest BCUT2D eigenvalue weighted by Crippen LogP contribution is -2.61. The Morgan fingerprint density at radius 2 is 1.52 bits per heavy atom.